The number of amides is 1. The summed E-state index contributed by atoms with van der Waals surface area (Å²) in [6.07, 6.45) is 0.530. The second kappa shape index (κ2) is 4.00. The molecule has 0 aliphatic heterocycles. The quantitative estimate of drug-likeness (QED) is 0.762. The van der Waals surface area contributed by atoms with Crippen molar-refractivity contribution >= 4 is 12.0 Å². The lowest BCUT2D eigenvalue weighted by molar-refractivity contribution is 0.0631. The van der Waals surface area contributed by atoms with E-state index < -0.39 is 11.7 Å². The van der Waals surface area contributed by atoms with E-state index in [9.17, 15) is 4.79 Å². The Morgan fingerprint density at radius 2 is 2.33 bits per heavy atom. The molecular weight excluding hydrogens is 198 g/mol. The summed E-state index contributed by atoms with van der Waals surface area (Å²) in [5.41, 5.74) is -0.447. The first-order chi connectivity index (χ1) is 6.92. The van der Waals surface area contributed by atoms with E-state index in [1.165, 1.54) is 6.20 Å². The van der Waals surface area contributed by atoms with Crippen LogP contribution in [-0.4, -0.2) is 16.9 Å². The molecule has 0 radical (unpaired) electrons. The lowest BCUT2D eigenvalue weighted by Crippen LogP contribution is -2.27. The van der Waals surface area contributed by atoms with Gasteiger partial charge in [0.05, 0.1) is 6.20 Å². The van der Waals surface area contributed by atoms with Gasteiger partial charge in [0.25, 0.3) is 5.88 Å². The summed E-state index contributed by atoms with van der Waals surface area (Å²) in [7, 11) is 0. The lowest BCUT2D eigenvalue weighted by atomic mass is 10.2. The summed E-state index contributed by atoms with van der Waals surface area (Å²) < 4.78 is 9.62. The molecule has 6 nitrogen and oxygen atoms in total. The molecule has 0 atom stereocenters. The van der Waals surface area contributed by atoms with Crippen LogP contribution in [0, 0.1) is 11.3 Å². The molecule has 1 aromatic rings. The first kappa shape index (κ1) is 11.0. The van der Waals surface area contributed by atoms with Crippen molar-refractivity contribution in [2.75, 3.05) is 5.32 Å². The highest BCUT2D eigenvalue weighted by atomic mass is 16.6. The van der Waals surface area contributed by atoms with Crippen LogP contribution >= 0.6 is 0 Å². The van der Waals surface area contributed by atoms with Gasteiger partial charge in [0.1, 0.15) is 17.2 Å². The van der Waals surface area contributed by atoms with Crippen LogP contribution < -0.4 is 5.32 Å². The number of nitrogens with one attached hydrogen (secondary N) is 1. The molecule has 0 aliphatic carbocycles. The van der Waals surface area contributed by atoms with E-state index in [1.54, 1.807) is 20.8 Å². The number of hydrogen-bond donors (Lipinski definition) is 1. The summed E-state index contributed by atoms with van der Waals surface area (Å²) in [6, 6.07) is 1.82. The van der Waals surface area contributed by atoms with Crippen molar-refractivity contribution in [2.45, 2.75) is 26.4 Å². The van der Waals surface area contributed by atoms with E-state index in [1.807, 2.05) is 6.07 Å². The topological polar surface area (TPSA) is 88.2 Å². The Morgan fingerprint density at radius 1 is 1.67 bits per heavy atom. The first-order valence-electron chi connectivity index (χ1n) is 4.27. The van der Waals surface area contributed by atoms with Crippen molar-refractivity contribution in [1.82, 2.24) is 5.16 Å². The van der Waals surface area contributed by atoms with Crippen molar-refractivity contribution in [3.8, 4) is 6.07 Å². The van der Waals surface area contributed by atoms with E-state index in [-0.39, 0.29) is 11.4 Å². The van der Waals surface area contributed by atoms with Crippen molar-refractivity contribution in [1.29, 1.82) is 5.26 Å². The molecule has 0 aliphatic rings. The molecule has 80 valence electrons. The van der Waals surface area contributed by atoms with Gasteiger partial charge in [-0.25, -0.2) is 4.79 Å². The molecule has 1 aromatic heterocycles. The van der Waals surface area contributed by atoms with Crippen LogP contribution in [-0.2, 0) is 4.74 Å². The fourth-order valence-electron chi connectivity index (χ4n) is 0.806. The maximum absolute atomic E-state index is 11.3. The van der Waals surface area contributed by atoms with E-state index in [4.69, 9.17) is 10.00 Å². The number of nitriles is 1. The Balaban J connectivity index is 2.64. The van der Waals surface area contributed by atoms with Gasteiger partial charge in [-0.05, 0) is 20.8 Å². The highest BCUT2D eigenvalue weighted by molar-refractivity contribution is 5.84. The lowest BCUT2D eigenvalue weighted by Gasteiger charge is -2.18. The summed E-state index contributed by atoms with van der Waals surface area (Å²) in [6.45, 7) is 5.20. The summed E-state index contributed by atoms with van der Waals surface area (Å²) in [4.78, 5) is 11.3. The maximum Gasteiger partial charge on any atom is 0.414 e. The molecule has 0 fully saturated rings. The van der Waals surface area contributed by atoms with Crippen molar-refractivity contribution in [3.05, 3.63) is 11.8 Å². The molecule has 1 heterocycles. The molecule has 1 N–H and O–H groups in total. The third-order valence-corrected chi connectivity index (χ3v) is 1.31. The van der Waals surface area contributed by atoms with Crippen molar-refractivity contribution in [2.24, 2.45) is 0 Å². The normalized spacial score (nSPS) is 10.5. The van der Waals surface area contributed by atoms with Crippen LogP contribution in [0.3, 0.4) is 0 Å². The summed E-state index contributed by atoms with van der Waals surface area (Å²) in [5, 5.41) is 14.3. The third kappa shape index (κ3) is 3.31. The fourth-order valence-corrected chi connectivity index (χ4v) is 0.806. The second-order valence-corrected chi connectivity index (χ2v) is 3.81. The van der Waals surface area contributed by atoms with E-state index in [2.05, 4.69) is 15.0 Å². The number of hydrogen-bond acceptors (Lipinski definition) is 5. The number of aromatic nitrogens is 1. The zero-order chi connectivity index (χ0) is 11.5. The molecule has 0 bridgehead atoms. The molecule has 0 saturated heterocycles. The average Bonchev–Trinajstić information content (AvgIpc) is 2.48. The predicted molar refractivity (Wildman–Crippen MR) is 51.1 cm³/mol. The standard InChI is InChI=1S/C9H11N3O3/c1-9(2,3)14-8(13)12-7-6(4-10)5-11-15-7/h5H,1-3H3,(H,12,13). The van der Waals surface area contributed by atoms with Gasteiger partial charge >= 0.3 is 6.09 Å². The van der Waals surface area contributed by atoms with Gasteiger partial charge in [-0.2, -0.15) is 5.26 Å². The Labute approximate surface area is 86.8 Å². The molecule has 0 aromatic carbocycles. The van der Waals surface area contributed by atoms with Gasteiger partial charge in [0, 0.05) is 0 Å². The monoisotopic (exact) mass is 209 g/mol. The van der Waals surface area contributed by atoms with Gasteiger partial charge in [-0.3, -0.25) is 5.32 Å². The number of anilines is 1. The van der Waals surface area contributed by atoms with Gasteiger partial charge < -0.3 is 9.26 Å². The zero-order valence-electron chi connectivity index (χ0n) is 8.70. The van der Waals surface area contributed by atoms with Crippen LogP contribution in [0.25, 0.3) is 0 Å². The molecule has 6 heteroatoms. The second-order valence-electron chi connectivity index (χ2n) is 3.81. The fraction of sp³-hybridized carbons (Fsp3) is 0.444. The van der Waals surface area contributed by atoms with Crippen LogP contribution in [0.15, 0.2) is 10.7 Å². The SMILES string of the molecule is CC(C)(C)OC(=O)Nc1oncc1C#N. The largest absolute Gasteiger partial charge is 0.444 e. The minimum Gasteiger partial charge on any atom is -0.444 e. The molecule has 0 spiro atoms. The van der Waals surface area contributed by atoms with E-state index >= 15 is 0 Å². The van der Waals surface area contributed by atoms with Gasteiger partial charge in [-0.1, -0.05) is 5.16 Å². The van der Waals surface area contributed by atoms with Gasteiger partial charge in [0.2, 0.25) is 0 Å². The van der Waals surface area contributed by atoms with E-state index in [0.717, 1.165) is 0 Å². The molecular formula is C9H11N3O3. The maximum atomic E-state index is 11.3. The van der Waals surface area contributed by atoms with Gasteiger partial charge in [-0.15, -0.1) is 0 Å². The minimum absolute atomic E-state index is 0.00764. The molecule has 1 amide bonds. The van der Waals surface area contributed by atoms with Crippen molar-refractivity contribution < 1.29 is 14.1 Å². The highest BCUT2D eigenvalue weighted by Crippen LogP contribution is 2.15. The molecule has 0 saturated carbocycles. The molecule has 0 unspecified atom stereocenters. The Morgan fingerprint density at radius 3 is 2.87 bits per heavy atom. The average molecular weight is 209 g/mol. The third-order valence-electron chi connectivity index (χ3n) is 1.31. The molecule has 15 heavy (non-hydrogen) atoms. The number of nitrogens with zero attached hydrogens (tertiary/aromatic N) is 2. The van der Waals surface area contributed by atoms with Crippen molar-refractivity contribution in [3.63, 3.8) is 0 Å². The predicted octanol–water partition coefficient (Wildman–Crippen LogP) is 1.89. The van der Waals surface area contributed by atoms with Crippen LogP contribution in [0.4, 0.5) is 10.7 Å². The highest BCUT2D eigenvalue weighted by Gasteiger charge is 2.18. The number of carbonyl (C=O) groups excluding carboxylic acids is 1. The number of carbonyl (C=O) groups is 1. The van der Waals surface area contributed by atoms with Gasteiger partial charge in [0.15, 0.2) is 0 Å². The Hall–Kier alpha value is -2.03. The van der Waals surface area contributed by atoms with E-state index in [0.29, 0.717) is 0 Å². The molecule has 1 rings (SSSR count). The van der Waals surface area contributed by atoms with Crippen LogP contribution in [0.1, 0.15) is 26.3 Å². The minimum atomic E-state index is -0.684. The summed E-state index contributed by atoms with van der Waals surface area (Å²) in [5.74, 6) is -0.00764. The first-order valence-corrected chi connectivity index (χ1v) is 4.27. The number of ether oxygens (including phenoxy) is 1. The Bertz CT molecular complexity index is 397. The zero-order valence-corrected chi connectivity index (χ0v) is 8.70. The smallest absolute Gasteiger partial charge is 0.414 e. The number of rotatable bonds is 1. The summed E-state index contributed by atoms with van der Waals surface area (Å²) >= 11 is 0. The van der Waals surface area contributed by atoms with Crippen LogP contribution in [0.2, 0.25) is 0 Å². The van der Waals surface area contributed by atoms with Crippen LogP contribution in [0.5, 0.6) is 0 Å². The Kier molecular flexibility index (Phi) is 2.95.